The standard InChI is InChI=1S/C24H25N5O/c1-29(14-16-7-9-30-10-8-16)15-18-3-2-4-21-20(18)12-23(26-21)24-19-6-5-17(13-25)11-22(19)27-28-24/h2-6,11-12,16,26H,7-10,14-15H2,1H3,(H,27,28). The Kier molecular flexibility index (Phi) is 4.99. The first-order chi connectivity index (χ1) is 14.7. The lowest BCUT2D eigenvalue weighted by Gasteiger charge is -2.27. The third kappa shape index (κ3) is 3.58. The average Bonchev–Trinajstić information content (AvgIpc) is 3.38. The summed E-state index contributed by atoms with van der Waals surface area (Å²) in [6.07, 6.45) is 2.31. The van der Waals surface area contributed by atoms with Gasteiger partial charge in [-0.25, -0.2) is 0 Å². The molecule has 0 radical (unpaired) electrons. The van der Waals surface area contributed by atoms with E-state index in [1.54, 1.807) is 0 Å². The monoisotopic (exact) mass is 399 g/mol. The number of nitrogens with one attached hydrogen (secondary N) is 2. The lowest BCUT2D eigenvalue weighted by molar-refractivity contribution is 0.0550. The van der Waals surface area contributed by atoms with Gasteiger partial charge in [0.15, 0.2) is 0 Å². The zero-order valence-corrected chi connectivity index (χ0v) is 17.1. The lowest BCUT2D eigenvalue weighted by atomic mass is 9.99. The summed E-state index contributed by atoms with van der Waals surface area (Å²) < 4.78 is 5.49. The second kappa shape index (κ2) is 7.94. The third-order valence-corrected chi connectivity index (χ3v) is 6.05. The van der Waals surface area contributed by atoms with Crippen molar-refractivity contribution >= 4 is 21.8 Å². The molecule has 1 fully saturated rings. The Hall–Kier alpha value is -3.14. The van der Waals surface area contributed by atoms with E-state index in [2.05, 4.69) is 57.5 Å². The van der Waals surface area contributed by atoms with Crippen LogP contribution >= 0.6 is 0 Å². The smallest absolute Gasteiger partial charge is 0.116 e. The summed E-state index contributed by atoms with van der Waals surface area (Å²) in [5.74, 6) is 0.721. The van der Waals surface area contributed by atoms with Gasteiger partial charge in [-0.05, 0) is 61.7 Å². The molecule has 1 saturated heterocycles. The molecule has 0 unspecified atom stereocenters. The quantitative estimate of drug-likeness (QED) is 0.520. The Labute approximate surface area is 175 Å². The van der Waals surface area contributed by atoms with Crippen LogP contribution in [-0.4, -0.2) is 46.9 Å². The van der Waals surface area contributed by atoms with Crippen LogP contribution in [0.2, 0.25) is 0 Å². The van der Waals surface area contributed by atoms with E-state index in [0.717, 1.165) is 72.9 Å². The minimum Gasteiger partial charge on any atom is -0.381 e. The van der Waals surface area contributed by atoms with Gasteiger partial charge in [0.1, 0.15) is 5.69 Å². The maximum absolute atomic E-state index is 9.12. The number of benzene rings is 2. The molecule has 6 heteroatoms. The fourth-order valence-corrected chi connectivity index (χ4v) is 4.50. The van der Waals surface area contributed by atoms with Crippen molar-refractivity contribution in [3.8, 4) is 17.5 Å². The fraction of sp³-hybridized carbons (Fsp3) is 0.333. The van der Waals surface area contributed by atoms with Gasteiger partial charge in [-0.1, -0.05) is 12.1 Å². The molecule has 30 heavy (non-hydrogen) atoms. The van der Waals surface area contributed by atoms with Crippen molar-refractivity contribution < 1.29 is 4.74 Å². The highest BCUT2D eigenvalue weighted by Crippen LogP contribution is 2.31. The third-order valence-electron chi connectivity index (χ3n) is 6.05. The summed E-state index contributed by atoms with van der Waals surface area (Å²) in [6.45, 7) is 3.80. The van der Waals surface area contributed by atoms with E-state index >= 15 is 0 Å². The zero-order chi connectivity index (χ0) is 20.5. The molecule has 2 aromatic heterocycles. The average molecular weight is 399 g/mol. The van der Waals surface area contributed by atoms with Gasteiger partial charge in [0.05, 0.1) is 22.8 Å². The van der Waals surface area contributed by atoms with Gasteiger partial charge in [0.25, 0.3) is 0 Å². The first-order valence-corrected chi connectivity index (χ1v) is 10.5. The lowest BCUT2D eigenvalue weighted by Crippen LogP contribution is -2.29. The molecule has 0 aliphatic carbocycles. The van der Waals surface area contributed by atoms with Crippen molar-refractivity contribution in [2.24, 2.45) is 5.92 Å². The van der Waals surface area contributed by atoms with Crippen molar-refractivity contribution in [2.75, 3.05) is 26.8 Å². The Bertz CT molecular complexity index is 1230. The van der Waals surface area contributed by atoms with Gasteiger partial charge in [-0.3, -0.25) is 5.10 Å². The van der Waals surface area contributed by atoms with E-state index in [0.29, 0.717) is 5.56 Å². The Morgan fingerprint density at radius 2 is 2.00 bits per heavy atom. The molecule has 0 amide bonds. The second-order valence-corrected chi connectivity index (χ2v) is 8.26. The number of fused-ring (bicyclic) bond motifs is 2. The van der Waals surface area contributed by atoms with Crippen molar-refractivity contribution in [3.63, 3.8) is 0 Å². The number of aromatic nitrogens is 3. The van der Waals surface area contributed by atoms with Crippen LogP contribution in [0.3, 0.4) is 0 Å². The summed E-state index contributed by atoms with van der Waals surface area (Å²) in [4.78, 5) is 5.95. The first kappa shape index (κ1) is 18.9. The summed E-state index contributed by atoms with van der Waals surface area (Å²) >= 11 is 0. The molecule has 0 saturated carbocycles. The number of nitrogens with zero attached hydrogens (tertiary/aromatic N) is 3. The molecule has 1 aliphatic rings. The van der Waals surface area contributed by atoms with Crippen LogP contribution in [0.25, 0.3) is 33.2 Å². The first-order valence-electron chi connectivity index (χ1n) is 10.5. The van der Waals surface area contributed by atoms with Crippen LogP contribution in [0, 0.1) is 17.2 Å². The highest BCUT2D eigenvalue weighted by molar-refractivity contribution is 5.96. The number of nitriles is 1. The zero-order valence-electron chi connectivity index (χ0n) is 17.1. The summed E-state index contributed by atoms with van der Waals surface area (Å²) in [7, 11) is 2.20. The van der Waals surface area contributed by atoms with Crippen molar-refractivity contribution in [3.05, 3.63) is 53.6 Å². The molecule has 2 N–H and O–H groups in total. The predicted molar refractivity (Wildman–Crippen MR) is 118 cm³/mol. The van der Waals surface area contributed by atoms with Crippen molar-refractivity contribution in [1.82, 2.24) is 20.1 Å². The van der Waals surface area contributed by atoms with Crippen LogP contribution in [-0.2, 0) is 11.3 Å². The Morgan fingerprint density at radius 3 is 2.83 bits per heavy atom. The van der Waals surface area contributed by atoms with Gasteiger partial charge < -0.3 is 14.6 Å². The maximum Gasteiger partial charge on any atom is 0.116 e. The molecule has 4 aromatic rings. The van der Waals surface area contributed by atoms with E-state index in [1.165, 1.54) is 10.9 Å². The van der Waals surface area contributed by atoms with E-state index in [-0.39, 0.29) is 0 Å². The van der Waals surface area contributed by atoms with Gasteiger partial charge in [0.2, 0.25) is 0 Å². The van der Waals surface area contributed by atoms with E-state index in [4.69, 9.17) is 10.00 Å². The van der Waals surface area contributed by atoms with E-state index in [1.807, 2.05) is 18.2 Å². The van der Waals surface area contributed by atoms with Crippen molar-refractivity contribution in [1.29, 1.82) is 5.26 Å². The minimum absolute atomic E-state index is 0.629. The topological polar surface area (TPSA) is 80.7 Å². The van der Waals surface area contributed by atoms with Gasteiger partial charge in [-0.15, -0.1) is 0 Å². The molecule has 3 heterocycles. The maximum atomic E-state index is 9.12. The van der Waals surface area contributed by atoms with Crippen LogP contribution in [0.4, 0.5) is 0 Å². The molecule has 6 nitrogen and oxygen atoms in total. The predicted octanol–water partition coefficient (Wildman–Crippen LogP) is 4.44. The number of ether oxygens (including phenoxy) is 1. The number of rotatable bonds is 5. The number of H-pyrrole nitrogens is 2. The number of aromatic amines is 2. The van der Waals surface area contributed by atoms with Gasteiger partial charge in [0, 0.05) is 42.6 Å². The molecule has 0 spiro atoms. The largest absolute Gasteiger partial charge is 0.381 e. The number of hydrogen-bond donors (Lipinski definition) is 2. The summed E-state index contributed by atoms with van der Waals surface area (Å²) in [6, 6.07) is 16.4. The molecule has 1 aliphatic heterocycles. The minimum atomic E-state index is 0.629. The van der Waals surface area contributed by atoms with Crippen LogP contribution in [0.15, 0.2) is 42.5 Å². The van der Waals surface area contributed by atoms with Crippen LogP contribution < -0.4 is 0 Å². The molecule has 5 rings (SSSR count). The Balaban J connectivity index is 1.43. The van der Waals surface area contributed by atoms with E-state index < -0.39 is 0 Å². The molecular formula is C24H25N5O. The number of hydrogen-bond acceptors (Lipinski definition) is 4. The Morgan fingerprint density at radius 1 is 1.13 bits per heavy atom. The fourth-order valence-electron chi connectivity index (χ4n) is 4.50. The van der Waals surface area contributed by atoms with E-state index in [9.17, 15) is 0 Å². The second-order valence-electron chi connectivity index (χ2n) is 8.26. The molecule has 0 atom stereocenters. The van der Waals surface area contributed by atoms with Crippen LogP contribution in [0.5, 0.6) is 0 Å². The van der Waals surface area contributed by atoms with Gasteiger partial charge in [-0.2, -0.15) is 10.4 Å². The SMILES string of the molecule is CN(Cc1cccc2[nH]c(-c3n[nH]c4cc(C#N)ccc34)cc12)CC1CCOCC1. The molecule has 2 aromatic carbocycles. The summed E-state index contributed by atoms with van der Waals surface area (Å²) in [5.41, 5.74) is 5.80. The molecule has 152 valence electrons. The van der Waals surface area contributed by atoms with Crippen molar-refractivity contribution in [2.45, 2.75) is 19.4 Å². The highest BCUT2D eigenvalue weighted by Gasteiger charge is 2.17. The van der Waals surface area contributed by atoms with Gasteiger partial charge >= 0.3 is 0 Å². The normalized spacial score (nSPS) is 15.2. The molecule has 0 bridgehead atoms. The highest BCUT2D eigenvalue weighted by atomic mass is 16.5. The van der Waals surface area contributed by atoms with Crippen LogP contribution in [0.1, 0.15) is 24.0 Å². The summed E-state index contributed by atoms with van der Waals surface area (Å²) in [5, 5.41) is 18.9. The molecular weight excluding hydrogens is 374 g/mol.